The van der Waals surface area contributed by atoms with Gasteiger partial charge in [0.05, 0.1) is 0 Å². The van der Waals surface area contributed by atoms with Crippen LogP contribution in [0.1, 0.15) is 35.2 Å². The Balaban J connectivity index is 1.93. The highest BCUT2D eigenvalue weighted by Crippen LogP contribution is 2.17. The minimum absolute atomic E-state index is 0.219. The first kappa shape index (κ1) is 17.1. The molecule has 23 heavy (non-hydrogen) atoms. The van der Waals surface area contributed by atoms with Crippen LogP contribution in [0, 0.1) is 0 Å². The summed E-state index contributed by atoms with van der Waals surface area (Å²) >= 11 is 0. The van der Waals surface area contributed by atoms with E-state index in [1.54, 1.807) is 0 Å². The fourth-order valence-corrected chi connectivity index (χ4v) is 2.66. The Hall–Kier alpha value is -2.25. The van der Waals surface area contributed by atoms with Gasteiger partial charge in [-0.05, 0) is 30.0 Å². The number of hydrogen-bond acceptors (Lipinski definition) is 4. The number of pyridine rings is 1. The number of carbonyl (C=O) groups excluding carboxylic acids is 1. The van der Waals surface area contributed by atoms with Crippen LogP contribution in [0.5, 0.6) is 0 Å². The van der Waals surface area contributed by atoms with E-state index in [0.717, 1.165) is 6.42 Å². The zero-order valence-corrected chi connectivity index (χ0v) is 13.6. The second-order valence-electron chi connectivity index (χ2n) is 5.28. The summed E-state index contributed by atoms with van der Waals surface area (Å²) in [5.41, 5.74) is 1.43. The molecule has 0 unspecified atom stereocenters. The summed E-state index contributed by atoms with van der Waals surface area (Å²) in [4.78, 5) is 15.7. The quantitative estimate of drug-likeness (QED) is 0.839. The van der Waals surface area contributed by atoms with E-state index in [-0.39, 0.29) is 16.5 Å². The fourth-order valence-electron chi connectivity index (χ4n) is 2.16. The first-order valence-corrected chi connectivity index (χ1v) is 8.74. The Morgan fingerprint density at radius 1 is 1.26 bits per heavy atom. The monoisotopic (exact) mass is 333 g/mol. The Morgan fingerprint density at radius 3 is 2.61 bits per heavy atom. The molecule has 1 amide bonds. The number of aromatic nitrogens is 1. The molecule has 1 heterocycles. The van der Waals surface area contributed by atoms with Crippen molar-refractivity contribution in [2.24, 2.45) is 5.14 Å². The summed E-state index contributed by atoms with van der Waals surface area (Å²) in [6.45, 7) is 2.58. The van der Waals surface area contributed by atoms with Gasteiger partial charge in [0.1, 0.15) is 0 Å². The lowest BCUT2D eigenvalue weighted by Gasteiger charge is -2.12. The molecule has 7 heteroatoms. The molecule has 2 rings (SSSR count). The lowest BCUT2D eigenvalue weighted by molar-refractivity contribution is 0.0952. The van der Waals surface area contributed by atoms with Crippen molar-refractivity contribution < 1.29 is 13.2 Å². The zero-order valence-electron chi connectivity index (χ0n) is 12.8. The first-order valence-electron chi connectivity index (χ1n) is 7.20. The Bertz CT molecular complexity index is 776. The van der Waals surface area contributed by atoms with Gasteiger partial charge in [-0.1, -0.05) is 37.3 Å². The van der Waals surface area contributed by atoms with Crippen molar-refractivity contribution in [2.75, 3.05) is 6.54 Å². The molecule has 0 aliphatic heterocycles. The Labute approximate surface area is 135 Å². The molecule has 1 aromatic carbocycles. The number of nitrogens with two attached hydrogens (primary N) is 1. The van der Waals surface area contributed by atoms with Gasteiger partial charge >= 0.3 is 0 Å². The summed E-state index contributed by atoms with van der Waals surface area (Å²) in [6, 6.07) is 12.6. The lowest BCUT2D eigenvalue weighted by Crippen LogP contribution is -2.26. The van der Waals surface area contributed by atoms with Crippen LogP contribution < -0.4 is 10.5 Å². The molecule has 6 nitrogen and oxygen atoms in total. The summed E-state index contributed by atoms with van der Waals surface area (Å²) in [5.74, 6) is -0.0357. The SMILES string of the molecule is C[C@@H](CCNC(=O)c1ccnc(S(N)(=O)=O)c1)c1ccccc1. The maximum atomic E-state index is 12.1. The molecule has 0 saturated carbocycles. The normalized spacial score (nSPS) is 12.6. The molecule has 0 aliphatic rings. The standard InChI is InChI=1S/C16H19N3O3S/c1-12(13-5-3-2-4-6-13)7-9-19-16(20)14-8-10-18-15(11-14)23(17,21)22/h2-6,8,10-12H,7,9H2,1H3,(H,19,20)(H2,17,21,22)/t12-/m0/s1. The highest BCUT2D eigenvalue weighted by molar-refractivity contribution is 7.89. The van der Waals surface area contributed by atoms with E-state index in [2.05, 4.69) is 17.2 Å². The van der Waals surface area contributed by atoms with Crippen molar-refractivity contribution >= 4 is 15.9 Å². The number of benzene rings is 1. The number of amides is 1. The summed E-state index contributed by atoms with van der Waals surface area (Å²) < 4.78 is 22.5. The zero-order chi connectivity index (χ0) is 16.9. The highest BCUT2D eigenvalue weighted by atomic mass is 32.2. The van der Waals surface area contributed by atoms with Crippen molar-refractivity contribution in [3.05, 3.63) is 59.8 Å². The van der Waals surface area contributed by atoms with Gasteiger partial charge in [0.25, 0.3) is 15.9 Å². The summed E-state index contributed by atoms with van der Waals surface area (Å²) in [7, 11) is -3.92. The van der Waals surface area contributed by atoms with Gasteiger partial charge in [0.2, 0.25) is 0 Å². The van der Waals surface area contributed by atoms with E-state index in [1.165, 1.54) is 23.9 Å². The van der Waals surface area contributed by atoms with Crippen molar-refractivity contribution in [1.82, 2.24) is 10.3 Å². The van der Waals surface area contributed by atoms with Gasteiger partial charge in [-0.25, -0.2) is 18.5 Å². The molecule has 0 spiro atoms. The Morgan fingerprint density at radius 2 is 1.96 bits per heavy atom. The fraction of sp³-hybridized carbons (Fsp3) is 0.250. The third-order valence-corrected chi connectivity index (χ3v) is 4.33. The van der Waals surface area contributed by atoms with E-state index in [0.29, 0.717) is 12.5 Å². The number of sulfonamides is 1. The van der Waals surface area contributed by atoms with Gasteiger partial charge in [-0.3, -0.25) is 4.79 Å². The van der Waals surface area contributed by atoms with Crippen molar-refractivity contribution in [1.29, 1.82) is 0 Å². The molecular weight excluding hydrogens is 314 g/mol. The molecule has 0 aliphatic carbocycles. The number of nitrogens with one attached hydrogen (secondary N) is 1. The van der Waals surface area contributed by atoms with Crippen LogP contribution in [-0.4, -0.2) is 25.9 Å². The summed E-state index contributed by atoms with van der Waals surface area (Å²) in [5, 5.41) is 7.47. The van der Waals surface area contributed by atoms with Gasteiger partial charge in [-0.2, -0.15) is 0 Å². The van der Waals surface area contributed by atoms with Crippen molar-refractivity contribution in [3.63, 3.8) is 0 Å². The highest BCUT2D eigenvalue weighted by Gasteiger charge is 2.13. The van der Waals surface area contributed by atoms with Crippen molar-refractivity contribution in [3.8, 4) is 0 Å². The molecule has 2 aromatic rings. The number of carbonyl (C=O) groups is 1. The molecule has 122 valence electrons. The minimum Gasteiger partial charge on any atom is -0.352 e. The van der Waals surface area contributed by atoms with Crippen LogP contribution in [0.25, 0.3) is 0 Å². The van der Waals surface area contributed by atoms with Crippen LogP contribution in [0.4, 0.5) is 0 Å². The summed E-state index contributed by atoms with van der Waals surface area (Å²) in [6.07, 6.45) is 2.03. The largest absolute Gasteiger partial charge is 0.352 e. The third-order valence-electron chi connectivity index (χ3n) is 3.52. The van der Waals surface area contributed by atoms with E-state index >= 15 is 0 Å². The molecule has 0 fully saturated rings. The number of hydrogen-bond donors (Lipinski definition) is 2. The predicted octanol–water partition coefficient (Wildman–Crippen LogP) is 1.65. The number of rotatable bonds is 6. The second-order valence-corrected chi connectivity index (χ2v) is 6.79. The van der Waals surface area contributed by atoms with Crippen LogP contribution in [0.3, 0.4) is 0 Å². The van der Waals surface area contributed by atoms with Crippen LogP contribution in [0.15, 0.2) is 53.7 Å². The van der Waals surface area contributed by atoms with Gasteiger partial charge < -0.3 is 5.32 Å². The Kier molecular flexibility index (Phi) is 5.46. The van der Waals surface area contributed by atoms with E-state index in [4.69, 9.17) is 5.14 Å². The number of nitrogens with zero attached hydrogens (tertiary/aromatic N) is 1. The van der Waals surface area contributed by atoms with Crippen LogP contribution in [-0.2, 0) is 10.0 Å². The predicted molar refractivity (Wildman–Crippen MR) is 87.4 cm³/mol. The van der Waals surface area contributed by atoms with E-state index in [1.807, 2.05) is 30.3 Å². The second kappa shape index (κ2) is 7.34. The molecule has 1 atom stereocenters. The molecule has 3 N–H and O–H groups in total. The maximum absolute atomic E-state index is 12.1. The molecule has 0 saturated heterocycles. The van der Waals surface area contributed by atoms with E-state index < -0.39 is 10.0 Å². The van der Waals surface area contributed by atoms with Crippen molar-refractivity contribution in [2.45, 2.75) is 24.3 Å². The molecule has 0 radical (unpaired) electrons. The van der Waals surface area contributed by atoms with Crippen LogP contribution >= 0.6 is 0 Å². The minimum atomic E-state index is -3.92. The molecule has 1 aromatic heterocycles. The lowest BCUT2D eigenvalue weighted by atomic mass is 9.98. The van der Waals surface area contributed by atoms with Gasteiger partial charge in [-0.15, -0.1) is 0 Å². The third kappa shape index (κ3) is 4.87. The topological polar surface area (TPSA) is 102 Å². The first-order chi connectivity index (χ1) is 10.9. The smallest absolute Gasteiger partial charge is 0.255 e. The van der Waals surface area contributed by atoms with Crippen LogP contribution in [0.2, 0.25) is 0 Å². The molecule has 0 bridgehead atoms. The average molecular weight is 333 g/mol. The maximum Gasteiger partial charge on any atom is 0.255 e. The van der Waals surface area contributed by atoms with Gasteiger partial charge in [0, 0.05) is 18.3 Å². The molecular formula is C16H19N3O3S. The van der Waals surface area contributed by atoms with Gasteiger partial charge in [0.15, 0.2) is 5.03 Å². The van der Waals surface area contributed by atoms with E-state index in [9.17, 15) is 13.2 Å². The number of primary sulfonamides is 1. The average Bonchev–Trinajstić information content (AvgIpc) is 2.54.